The van der Waals surface area contributed by atoms with E-state index in [2.05, 4.69) is 0 Å². The van der Waals surface area contributed by atoms with Crippen LogP contribution in [-0.4, -0.2) is 20.3 Å². The lowest BCUT2D eigenvalue weighted by Crippen LogP contribution is -2.23. The molecule has 0 fully saturated rings. The Kier molecular flexibility index (Phi) is 4.81. The van der Waals surface area contributed by atoms with Crippen molar-refractivity contribution in [1.29, 1.82) is 0 Å². The van der Waals surface area contributed by atoms with Crippen LogP contribution >= 0.6 is 0 Å². The minimum absolute atomic E-state index is 0.118. The smallest absolute Gasteiger partial charge is 0.179 e. The lowest BCUT2D eigenvalue weighted by molar-refractivity contribution is -0.114. The Labute approximate surface area is 115 Å². The van der Waals surface area contributed by atoms with E-state index in [1.165, 1.54) is 0 Å². The fourth-order valence-corrected chi connectivity index (χ4v) is 3.26. The Balaban J connectivity index is 1.84. The van der Waals surface area contributed by atoms with Crippen molar-refractivity contribution < 1.29 is 9.59 Å². The van der Waals surface area contributed by atoms with Crippen LogP contribution in [0.2, 0.25) is 0 Å². The molecule has 96 valence electrons. The first kappa shape index (κ1) is 13.4. The molecule has 0 heterocycles. The van der Waals surface area contributed by atoms with Crippen molar-refractivity contribution in [3.8, 4) is 0 Å². The molecule has 0 N–H and O–H groups in total. The first-order valence-corrected chi connectivity index (χ1v) is 7.77. The summed E-state index contributed by atoms with van der Waals surface area (Å²) >= 11 is 0. The largest absolute Gasteiger partial charge is 0.305 e. The molecule has 0 atom stereocenters. The van der Waals surface area contributed by atoms with Crippen molar-refractivity contribution in [3.05, 3.63) is 71.8 Å². The number of benzene rings is 2. The number of hydrogen-bond acceptors (Lipinski definition) is 2. The highest BCUT2D eigenvalue weighted by Gasteiger charge is 2.11. The van der Waals surface area contributed by atoms with E-state index in [9.17, 15) is 9.59 Å². The van der Waals surface area contributed by atoms with Gasteiger partial charge in [0.15, 0.2) is 9.52 Å². The second-order valence-electron chi connectivity index (χ2n) is 4.58. The Morgan fingerprint density at radius 2 is 1.05 bits per heavy atom. The number of hydrogen-bond donors (Lipinski definition) is 0. The summed E-state index contributed by atoms with van der Waals surface area (Å²) in [6.07, 6.45) is 0.793. The summed E-state index contributed by atoms with van der Waals surface area (Å²) in [5, 5.41) is 0.235. The minimum Gasteiger partial charge on any atom is -0.305 e. The van der Waals surface area contributed by atoms with E-state index in [1.54, 1.807) is 0 Å². The van der Waals surface area contributed by atoms with Crippen molar-refractivity contribution in [1.82, 2.24) is 0 Å². The topological polar surface area (TPSA) is 34.1 Å². The molecule has 2 nitrogen and oxygen atoms in total. The van der Waals surface area contributed by atoms with Crippen molar-refractivity contribution in [2.45, 2.75) is 12.8 Å². The van der Waals surface area contributed by atoms with Crippen molar-refractivity contribution in [2.24, 2.45) is 0 Å². The summed E-state index contributed by atoms with van der Waals surface area (Å²) in [4.78, 5) is 23.7. The third-order valence-corrected chi connectivity index (χ3v) is 4.17. The molecule has 2 aromatic carbocycles. The highest BCUT2D eigenvalue weighted by Crippen LogP contribution is 2.02. The van der Waals surface area contributed by atoms with Crippen molar-refractivity contribution in [2.75, 3.05) is 0 Å². The molecule has 3 heteroatoms. The average Bonchev–Trinajstić information content (AvgIpc) is 2.40. The molecule has 0 aromatic heterocycles. The summed E-state index contributed by atoms with van der Waals surface area (Å²) < 4.78 is 0. The molecule has 0 aliphatic heterocycles. The van der Waals surface area contributed by atoms with Gasteiger partial charge >= 0.3 is 0 Å². The van der Waals surface area contributed by atoms with E-state index in [1.807, 2.05) is 60.7 Å². The molecule has 0 amide bonds. The third-order valence-electron chi connectivity index (χ3n) is 2.88. The molecule has 0 aliphatic carbocycles. The first-order chi connectivity index (χ1) is 9.24. The van der Waals surface area contributed by atoms with Crippen LogP contribution in [0, 0.1) is 0 Å². The quantitative estimate of drug-likeness (QED) is 0.747. The van der Waals surface area contributed by atoms with Crippen molar-refractivity contribution >= 4 is 20.3 Å². The van der Waals surface area contributed by atoms with E-state index < -0.39 is 9.52 Å². The van der Waals surface area contributed by atoms with Crippen LogP contribution in [0.4, 0.5) is 0 Å². The van der Waals surface area contributed by atoms with Crippen molar-refractivity contribution in [3.63, 3.8) is 0 Å². The van der Waals surface area contributed by atoms with Gasteiger partial charge < -0.3 is 9.59 Å². The molecule has 2 aromatic rings. The van der Waals surface area contributed by atoms with Crippen LogP contribution in [-0.2, 0) is 22.4 Å². The van der Waals surface area contributed by atoms with Gasteiger partial charge in [0, 0.05) is 12.8 Å². The predicted octanol–water partition coefficient (Wildman–Crippen LogP) is 1.69. The van der Waals surface area contributed by atoms with Crippen LogP contribution in [0.1, 0.15) is 11.1 Å². The SMILES string of the molecule is O=C(Cc1ccccc1)[SiH2]C(=O)Cc1ccccc1. The maximum Gasteiger partial charge on any atom is 0.179 e. The van der Waals surface area contributed by atoms with E-state index in [4.69, 9.17) is 0 Å². The summed E-state index contributed by atoms with van der Waals surface area (Å²) in [6, 6.07) is 19.2. The normalized spacial score (nSPS) is 10.1. The van der Waals surface area contributed by atoms with Gasteiger partial charge in [0.1, 0.15) is 10.8 Å². The molecule has 0 unspecified atom stereocenters. The van der Waals surface area contributed by atoms with Gasteiger partial charge in [-0.1, -0.05) is 60.7 Å². The maximum absolute atomic E-state index is 11.9. The van der Waals surface area contributed by atoms with Gasteiger partial charge in [-0.2, -0.15) is 0 Å². The lowest BCUT2D eigenvalue weighted by Gasteiger charge is -2.01. The third kappa shape index (κ3) is 4.64. The Bertz CT molecular complexity index is 498. The summed E-state index contributed by atoms with van der Waals surface area (Å²) in [5.41, 5.74) is 1.99. The summed E-state index contributed by atoms with van der Waals surface area (Å²) in [7, 11) is -1.31. The van der Waals surface area contributed by atoms with E-state index >= 15 is 0 Å². The number of carbonyl (C=O) groups is 2. The molecule has 0 radical (unpaired) electrons. The van der Waals surface area contributed by atoms with Gasteiger partial charge in [-0.3, -0.25) is 0 Å². The molecule has 2 rings (SSSR count). The molecule has 0 bridgehead atoms. The average molecular weight is 268 g/mol. The molecule has 0 spiro atoms. The monoisotopic (exact) mass is 268 g/mol. The Hall–Kier alpha value is -2.00. The van der Waals surface area contributed by atoms with E-state index in [0.717, 1.165) is 11.1 Å². The van der Waals surface area contributed by atoms with Crippen LogP contribution < -0.4 is 0 Å². The van der Waals surface area contributed by atoms with E-state index in [-0.39, 0.29) is 10.8 Å². The predicted molar refractivity (Wildman–Crippen MR) is 78.9 cm³/mol. The summed E-state index contributed by atoms with van der Waals surface area (Å²) in [5.74, 6) is 0. The van der Waals surface area contributed by atoms with E-state index in [0.29, 0.717) is 12.8 Å². The lowest BCUT2D eigenvalue weighted by atomic mass is 10.2. The van der Waals surface area contributed by atoms with Crippen LogP contribution in [0.5, 0.6) is 0 Å². The molecular weight excluding hydrogens is 252 g/mol. The molecule has 19 heavy (non-hydrogen) atoms. The maximum atomic E-state index is 11.9. The van der Waals surface area contributed by atoms with Gasteiger partial charge in [-0.25, -0.2) is 0 Å². The van der Waals surface area contributed by atoms with Crippen LogP contribution in [0.3, 0.4) is 0 Å². The number of rotatable bonds is 6. The summed E-state index contributed by atoms with van der Waals surface area (Å²) in [6.45, 7) is 0. The standard InChI is InChI=1S/C16H16O2Si/c17-15(11-13-7-3-1-4-8-13)19-16(18)12-14-9-5-2-6-10-14/h1-10H,11-12,19H2. The molecule has 0 aliphatic rings. The number of carbonyl (C=O) groups excluding carboxylic acids is 2. The zero-order valence-corrected chi connectivity index (χ0v) is 12.1. The van der Waals surface area contributed by atoms with Gasteiger partial charge in [0.2, 0.25) is 0 Å². The molecule has 0 saturated carbocycles. The zero-order chi connectivity index (χ0) is 13.5. The molecule has 0 saturated heterocycles. The van der Waals surface area contributed by atoms with Gasteiger partial charge in [-0.15, -0.1) is 0 Å². The van der Waals surface area contributed by atoms with Gasteiger partial charge in [0.05, 0.1) is 0 Å². The second kappa shape index (κ2) is 6.80. The van der Waals surface area contributed by atoms with Crippen LogP contribution in [0.15, 0.2) is 60.7 Å². The second-order valence-corrected chi connectivity index (χ2v) is 6.51. The molecular formula is C16H16O2Si. The first-order valence-electron chi connectivity index (χ1n) is 6.35. The van der Waals surface area contributed by atoms with Crippen LogP contribution in [0.25, 0.3) is 0 Å². The van der Waals surface area contributed by atoms with Gasteiger partial charge in [0.25, 0.3) is 0 Å². The minimum atomic E-state index is -1.31. The Morgan fingerprint density at radius 3 is 1.42 bits per heavy atom. The van der Waals surface area contributed by atoms with Gasteiger partial charge in [-0.05, 0) is 11.1 Å². The fraction of sp³-hybridized carbons (Fsp3) is 0.125. The highest BCUT2D eigenvalue weighted by molar-refractivity contribution is 6.97. The fourth-order valence-electron chi connectivity index (χ4n) is 1.99. The highest BCUT2D eigenvalue weighted by atomic mass is 28.2. The zero-order valence-electron chi connectivity index (χ0n) is 10.7. The Morgan fingerprint density at radius 1 is 0.684 bits per heavy atom.